The van der Waals surface area contributed by atoms with Crippen LogP contribution in [-0.2, 0) is 17.8 Å². The van der Waals surface area contributed by atoms with Gasteiger partial charge in [-0.2, -0.15) is 0 Å². The monoisotopic (exact) mass is 262 g/mol. The highest BCUT2D eigenvalue weighted by Crippen LogP contribution is 2.19. The molecule has 94 valence electrons. The number of aromatic nitrogens is 1. The quantitative estimate of drug-likeness (QED) is 0.869. The highest BCUT2D eigenvalue weighted by atomic mass is 32.1. The first-order valence-corrected chi connectivity index (χ1v) is 6.42. The number of nitrogens with one attached hydrogen (secondary N) is 1. The van der Waals surface area contributed by atoms with Crippen LogP contribution in [0.3, 0.4) is 0 Å². The third-order valence-corrected chi connectivity index (χ3v) is 3.62. The number of aryl methyl sites for hydroxylation is 1. The maximum atomic E-state index is 10.7. The van der Waals surface area contributed by atoms with Gasteiger partial charge in [0, 0.05) is 10.6 Å². The van der Waals surface area contributed by atoms with Crippen LogP contribution in [0.5, 0.6) is 0 Å². The molecule has 0 radical (unpaired) electrons. The molecule has 0 unspecified atom stereocenters. The summed E-state index contributed by atoms with van der Waals surface area (Å²) in [6.07, 6.45) is 0.0504. The summed E-state index contributed by atoms with van der Waals surface area (Å²) in [5.41, 5.74) is 1.84. The Balaban J connectivity index is 2.00. The van der Waals surface area contributed by atoms with Gasteiger partial charge >= 0.3 is 5.97 Å². The summed E-state index contributed by atoms with van der Waals surface area (Å²) in [6.45, 7) is 2.47. The highest BCUT2D eigenvalue weighted by molar-refractivity contribution is 7.11. The van der Waals surface area contributed by atoms with Crippen molar-refractivity contribution in [3.63, 3.8) is 0 Å². The molecule has 0 saturated heterocycles. The summed E-state index contributed by atoms with van der Waals surface area (Å²) in [4.78, 5) is 15.9. The fourth-order valence-corrected chi connectivity index (χ4v) is 2.60. The minimum absolute atomic E-state index is 0.0504. The second-order valence-corrected chi connectivity index (χ2v) is 5.07. The van der Waals surface area contributed by atoms with E-state index in [1.807, 2.05) is 37.3 Å². The largest absolute Gasteiger partial charge is 0.481 e. The fraction of sp³-hybridized carbons (Fsp3) is 0.231. The molecule has 1 heterocycles. The lowest BCUT2D eigenvalue weighted by atomic mass is 10.3. The van der Waals surface area contributed by atoms with E-state index in [0.717, 1.165) is 21.3 Å². The van der Waals surface area contributed by atoms with Crippen molar-refractivity contribution in [1.29, 1.82) is 0 Å². The van der Waals surface area contributed by atoms with Crippen LogP contribution in [0, 0.1) is 6.92 Å². The van der Waals surface area contributed by atoms with Gasteiger partial charge in [0.2, 0.25) is 0 Å². The number of anilines is 1. The molecule has 0 amide bonds. The maximum absolute atomic E-state index is 10.7. The molecule has 0 aliphatic heterocycles. The summed E-state index contributed by atoms with van der Waals surface area (Å²) in [5, 5.41) is 12.9. The number of aliphatic carboxylic acids is 1. The average Bonchev–Trinajstić information content (AvgIpc) is 2.68. The first kappa shape index (κ1) is 12.6. The molecule has 0 fully saturated rings. The van der Waals surface area contributed by atoms with Crippen LogP contribution < -0.4 is 5.32 Å². The summed E-state index contributed by atoms with van der Waals surface area (Å²) >= 11 is 1.45. The van der Waals surface area contributed by atoms with Crippen molar-refractivity contribution in [2.24, 2.45) is 0 Å². The molecule has 0 bridgehead atoms. The van der Waals surface area contributed by atoms with Gasteiger partial charge in [-0.15, -0.1) is 11.3 Å². The van der Waals surface area contributed by atoms with Crippen LogP contribution >= 0.6 is 11.3 Å². The number of thiazole rings is 1. The number of hydrogen-bond acceptors (Lipinski definition) is 4. The molecular weight excluding hydrogens is 248 g/mol. The van der Waals surface area contributed by atoms with E-state index in [9.17, 15) is 4.79 Å². The zero-order chi connectivity index (χ0) is 13.0. The standard InChI is InChI=1S/C13H14N2O2S/c1-9-11(7-13(16)17)18-12(15-9)8-14-10-5-3-2-4-6-10/h2-6,14H,7-8H2,1H3,(H,16,17). The number of para-hydroxylation sites is 1. The minimum atomic E-state index is -0.815. The van der Waals surface area contributed by atoms with Crippen LogP contribution in [-0.4, -0.2) is 16.1 Å². The Morgan fingerprint density at radius 3 is 2.78 bits per heavy atom. The molecule has 5 heteroatoms. The molecule has 1 aromatic carbocycles. The summed E-state index contributed by atoms with van der Waals surface area (Å²) in [6, 6.07) is 9.86. The molecule has 2 rings (SSSR count). The van der Waals surface area contributed by atoms with Crippen molar-refractivity contribution in [3.05, 3.63) is 45.9 Å². The Morgan fingerprint density at radius 1 is 1.39 bits per heavy atom. The van der Waals surface area contributed by atoms with Gasteiger partial charge in [0.25, 0.3) is 0 Å². The van der Waals surface area contributed by atoms with Crippen LogP contribution in [0.1, 0.15) is 15.6 Å². The first-order valence-electron chi connectivity index (χ1n) is 5.61. The normalized spacial score (nSPS) is 10.3. The van der Waals surface area contributed by atoms with Gasteiger partial charge in [0.1, 0.15) is 5.01 Å². The van der Waals surface area contributed by atoms with Gasteiger partial charge < -0.3 is 10.4 Å². The second-order valence-electron chi connectivity index (χ2n) is 3.91. The van der Waals surface area contributed by atoms with Crippen molar-refractivity contribution in [1.82, 2.24) is 4.98 Å². The molecular formula is C13H14N2O2S. The lowest BCUT2D eigenvalue weighted by Gasteiger charge is -2.02. The summed E-state index contributed by atoms with van der Waals surface area (Å²) in [7, 11) is 0. The lowest BCUT2D eigenvalue weighted by Crippen LogP contribution is -1.99. The van der Waals surface area contributed by atoms with Crippen molar-refractivity contribution < 1.29 is 9.90 Å². The maximum Gasteiger partial charge on any atom is 0.308 e. The van der Waals surface area contributed by atoms with Crippen molar-refractivity contribution in [3.8, 4) is 0 Å². The van der Waals surface area contributed by atoms with E-state index in [-0.39, 0.29) is 6.42 Å². The number of carbonyl (C=O) groups is 1. The van der Waals surface area contributed by atoms with Gasteiger partial charge in [0.15, 0.2) is 0 Å². The summed E-state index contributed by atoms with van der Waals surface area (Å²) in [5.74, 6) is -0.815. The summed E-state index contributed by atoms with van der Waals surface area (Å²) < 4.78 is 0. The van der Waals surface area contributed by atoms with Crippen LogP contribution in [0.4, 0.5) is 5.69 Å². The predicted molar refractivity (Wildman–Crippen MR) is 72.0 cm³/mol. The molecule has 0 atom stereocenters. The topological polar surface area (TPSA) is 62.2 Å². The van der Waals surface area contributed by atoms with Gasteiger partial charge in [-0.05, 0) is 19.1 Å². The number of carboxylic acids is 1. The second kappa shape index (κ2) is 5.64. The SMILES string of the molecule is Cc1nc(CNc2ccccc2)sc1CC(=O)O. The van der Waals surface area contributed by atoms with Crippen LogP contribution in [0.15, 0.2) is 30.3 Å². The Kier molecular flexibility index (Phi) is 3.94. The Hall–Kier alpha value is -1.88. The Labute approximate surface area is 109 Å². The predicted octanol–water partition coefficient (Wildman–Crippen LogP) is 2.69. The molecule has 2 N–H and O–H groups in total. The van der Waals surface area contributed by atoms with E-state index in [1.54, 1.807) is 0 Å². The van der Waals surface area contributed by atoms with Crippen LogP contribution in [0.25, 0.3) is 0 Å². The average molecular weight is 262 g/mol. The Bertz CT molecular complexity index is 537. The van der Waals surface area contributed by atoms with E-state index in [0.29, 0.717) is 6.54 Å². The van der Waals surface area contributed by atoms with Gasteiger partial charge in [0.05, 0.1) is 18.7 Å². The molecule has 2 aromatic rings. The molecule has 1 aromatic heterocycles. The zero-order valence-electron chi connectivity index (χ0n) is 10.0. The van der Waals surface area contributed by atoms with Gasteiger partial charge in [-0.25, -0.2) is 4.98 Å². The van der Waals surface area contributed by atoms with Gasteiger partial charge in [-0.1, -0.05) is 18.2 Å². The van der Waals surface area contributed by atoms with Crippen molar-refractivity contribution >= 4 is 23.0 Å². The number of carboxylic acid groups (broad SMARTS) is 1. The fourth-order valence-electron chi connectivity index (χ4n) is 1.60. The van der Waals surface area contributed by atoms with Crippen molar-refractivity contribution in [2.45, 2.75) is 19.9 Å². The smallest absolute Gasteiger partial charge is 0.308 e. The molecule has 0 aliphatic rings. The van der Waals surface area contributed by atoms with E-state index in [2.05, 4.69) is 10.3 Å². The van der Waals surface area contributed by atoms with E-state index in [1.165, 1.54) is 11.3 Å². The van der Waals surface area contributed by atoms with E-state index < -0.39 is 5.97 Å². The number of nitrogens with zero attached hydrogens (tertiary/aromatic N) is 1. The minimum Gasteiger partial charge on any atom is -0.481 e. The number of hydrogen-bond donors (Lipinski definition) is 2. The Morgan fingerprint density at radius 2 is 2.11 bits per heavy atom. The lowest BCUT2D eigenvalue weighted by molar-refractivity contribution is -0.136. The zero-order valence-corrected chi connectivity index (χ0v) is 10.8. The molecule has 0 saturated carbocycles. The number of benzene rings is 1. The third kappa shape index (κ3) is 3.30. The van der Waals surface area contributed by atoms with E-state index >= 15 is 0 Å². The third-order valence-electron chi connectivity index (χ3n) is 2.47. The van der Waals surface area contributed by atoms with Crippen LogP contribution in [0.2, 0.25) is 0 Å². The first-order chi connectivity index (χ1) is 8.65. The molecule has 18 heavy (non-hydrogen) atoms. The molecule has 0 spiro atoms. The number of rotatable bonds is 5. The molecule has 4 nitrogen and oxygen atoms in total. The van der Waals surface area contributed by atoms with Gasteiger partial charge in [-0.3, -0.25) is 4.79 Å². The molecule has 0 aliphatic carbocycles. The van der Waals surface area contributed by atoms with E-state index in [4.69, 9.17) is 5.11 Å². The van der Waals surface area contributed by atoms with Crippen molar-refractivity contribution in [2.75, 3.05) is 5.32 Å². The highest BCUT2D eigenvalue weighted by Gasteiger charge is 2.10.